The Hall–Kier alpha value is -3.65. The molecule has 2 heterocycles. The summed E-state index contributed by atoms with van der Waals surface area (Å²) in [5, 5.41) is 10.4. The summed E-state index contributed by atoms with van der Waals surface area (Å²) in [4.78, 5) is 22.4. The van der Waals surface area contributed by atoms with Crippen LogP contribution in [0.4, 0.5) is 17.2 Å². The molecule has 8 heteroatoms. The molecule has 4 aromatic rings. The van der Waals surface area contributed by atoms with Crippen LogP contribution in [0.2, 0.25) is 0 Å². The number of carbonyl (C=O) groups excluding carboxylic acids is 1. The Kier molecular flexibility index (Phi) is 5.76. The molecule has 0 saturated carbocycles. The lowest BCUT2D eigenvalue weighted by Gasteiger charge is -2.10. The highest BCUT2D eigenvalue weighted by atomic mass is 32.2. The second-order valence-corrected chi connectivity index (χ2v) is 7.37. The van der Waals surface area contributed by atoms with Crippen molar-refractivity contribution in [1.82, 2.24) is 19.7 Å². The van der Waals surface area contributed by atoms with Gasteiger partial charge in [0.05, 0.1) is 0 Å². The Bertz CT molecular complexity index is 1140. The number of nitrogens with zero attached hydrogens (tertiary/aromatic N) is 4. The molecular weight excluding hydrogens is 396 g/mol. The summed E-state index contributed by atoms with van der Waals surface area (Å²) < 4.78 is 1.68. The van der Waals surface area contributed by atoms with E-state index in [0.717, 1.165) is 16.3 Å². The van der Waals surface area contributed by atoms with E-state index in [1.165, 1.54) is 0 Å². The van der Waals surface area contributed by atoms with E-state index in [4.69, 9.17) is 0 Å². The van der Waals surface area contributed by atoms with Crippen LogP contribution in [0.3, 0.4) is 0 Å². The molecule has 150 valence electrons. The molecule has 7 nitrogen and oxygen atoms in total. The normalized spacial score (nSPS) is 10.6. The fourth-order valence-electron chi connectivity index (χ4n) is 2.87. The maximum Gasteiger partial charge on any atom is 0.255 e. The number of benzene rings is 2. The Morgan fingerprint density at radius 2 is 1.73 bits per heavy atom. The lowest BCUT2D eigenvalue weighted by atomic mass is 10.2. The second-order valence-electron chi connectivity index (χ2n) is 6.49. The lowest BCUT2D eigenvalue weighted by Crippen LogP contribution is -2.11. The van der Waals surface area contributed by atoms with Crippen LogP contribution in [0.25, 0.3) is 5.82 Å². The molecule has 0 fully saturated rings. The topological polar surface area (TPSA) is 84.7 Å². The average Bonchev–Trinajstić information content (AvgIpc) is 3.30. The van der Waals surface area contributed by atoms with Crippen molar-refractivity contribution in [1.29, 1.82) is 0 Å². The van der Waals surface area contributed by atoms with Gasteiger partial charge in [0.25, 0.3) is 5.91 Å². The number of aryl methyl sites for hydroxylation is 1. The largest absolute Gasteiger partial charge is 0.340 e. The fourth-order valence-corrected chi connectivity index (χ4v) is 3.28. The van der Waals surface area contributed by atoms with Crippen LogP contribution in [-0.4, -0.2) is 31.9 Å². The third-order valence-electron chi connectivity index (χ3n) is 4.33. The van der Waals surface area contributed by atoms with Gasteiger partial charge in [-0.1, -0.05) is 0 Å². The van der Waals surface area contributed by atoms with Crippen molar-refractivity contribution in [3.8, 4) is 5.82 Å². The molecule has 0 aliphatic rings. The maximum atomic E-state index is 12.4. The lowest BCUT2D eigenvalue weighted by molar-refractivity contribution is 0.102. The molecule has 30 heavy (non-hydrogen) atoms. The zero-order valence-electron chi connectivity index (χ0n) is 16.5. The Morgan fingerprint density at radius 1 is 1.00 bits per heavy atom. The van der Waals surface area contributed by atoms with Crippen LogP contribution in [0.15, 0.2) is 78.0 Å². The van der Waals surface area contributed by atoms with E-state index in [0.29, 0.717) is 23.0 Å². The summed E-state index contributed by atoms with van der Waals surface area (Å²) in [6.45, 7) is 1.84. The van der Waals surface area contributed by atoms with Gasteiger partial charge in [0.15, 0.2) is 5.82 Å². The van der Waals surface area contributed by atoms with E-state index in [1.807, 2.05) is 80.0 Å². The minimum Gasteiger partial charge on any atom is -0.340 e. The average molecular weight is 417 g/mol. The van der Waals surface area contributed by atoms with Crippen LogP contribution >= 0.6 is 11.8 Å². The first-order valence-electron chi connectivity index (χ1n) is 9.29. The Balaban J connectivity index is 1.44. The van der Waals surface area contributed by atoms with Gasteiger partial charge >= 0.3 is 0 Å². The molecule has 0 aliphatic heterocycles. The van der Waals surface area contributed by atoms with Crippen molar-refractivity contribution in [2.45, 2.75) is 11.8 Å². The Labute approximate surface area is 178 Å². The van der Waals surface area contributed by atoms with Crippen LogP contribution < -0.4 is 10.6 Å². The molecule has 2 aromatic heterocycles. The smallest absolute Gasteiger partial charge is 0.255 e. The summed E-state index contributed by atoms with van der Waals surface area (Å²) in [5.41, 5.74) is 2.19. The fraction of sp³-hybridized carbons (Fsp3) is 0.0909. The van der Waals surface area contributed by atoms with Crippen molar-refractivity contribution in [2.75, 3.05) is 16.9 Å². The van der Waals surface area contributed by atoms with Crippen molar-refractivity contribution in [3.63, 3.8) is 0 Å². The van der Waals surface area contributed by atoms with Gasteiger partial charge in [-0.05, 0) is 67.8 Å². The van der Waals surface area contributed by atoms with Crippen LogP contribution in [0.1, 0.15) is 16.2 Å². The molecule has 0 bridgehead atoms. The Morgan fingerprint density at radius 3 is 2.40 bits per heavy atom. The number of hydrogen-bond donors (Lipinski definition) is 2. The predicted molar refractivity (Wildman–Crippen MR) is 120 cm³/mol. The molecule has 0 unspecified atom stereocenters. The van der Waals surface area contributed by atoms with Gasteiger partial charge in [-0.15, -0.1) is 11.8 Å². The molecule has 0 spiro atoms. The molecule has 0 radical (unpaired) electrons. The summed E-state index contributed by atoms with van der Waals surface area (Å²) >= 11 is 1.64. The maximum absolute atomic E-state index is 12.4. The van der Waals surface area contributed by atoms with Gasteiger partial charge in [-0.3, -0.25) is 4.79 Å². The number of aromatic nitrogens is 4. The predicted octanol–water partition coefficient (Wildman–Crippen LogP) is 4.69. The van der Waals surface area contributed by atoms with Gasteiger partial charge in [0.2, 0.25) is 0 Å². The van der Waals surface area contributed by atoms with Gasteiger partial charge in [0.1, 0.15) is 11.6 Å². The van der Waals surface area contributed by atoms with Crippen molar-refractivity contribution in [2.24, 2.45) is 0 Å². The van der Waals surface area contributed by atoms with E-state index in [9.17, 15) is 4.79 Å². The number of hydrogen-bond acceptors (Lipinski definition) is 6. The van der Waals surface area contributed by atoms with Crippen LogP contribution in [0, 0.1) is 6.92 Å². The number of rotatable bonds is 6. The number of amides is 1. The molecule has 2 aromatic carbocycles. The molecule has 1 amide bonds. The minimum atomic E-state index is -0.140. The van der Waals surface area contributed by atoms with E-state index in [-0.39, 0.29) is 5.91 Å². The number of nitrogens with one attached hydrogen (secondary N) is 2. The van der Waals surface area contributed by atoms with E-state index >= 15 is 0 Å². The zero-order valence-corrected chi connectivity index (χ0v) is 17.4. The second kappa shape index (κ2) is 8.79. The van der Waals surface area contributed by atoms with Gasteiger partial charge < -0.3 is 10.6 Å². The first-order valence-corrected chi connectivity index (χ1v) is 10.5. The summed E-state index contributed by atoms with van der Waals surface area (Å²) in [7, 11) is 0. The first-order chi connectivity index (χ1) is 14.6. The van der Waals surface area contributed by atoms with Gasteiger partial charge in [0, 0.05) is 40.3 Å². The van der Waals surface area contributed by atoms with Gasteiger partial charge in [-0.2, -0.15) is 5.10 Å². The SMILES string of the molecule is CSc1ccc(C(=O)Nc2ccc(Nc3cc(-n4cccn4)nc(C)n3)cc2)cc1. The quantitative estimate of drug-likeness (QED) is 0.444. The molecule has 2 N–H and O–H groups in total. The molecule has 4 rings (SSSR count). The third kappa shape index (κ3) is 4.66. The van der Waals surface area contributed by atoms with E-state index in [1.54, 1.807) is 22.6 Å². The highest BCUT2D eigenvalue weighted by Crippen LogP contribution is 2.20. The van der Waals surface area contributed by atoms with Crippen molar-refractivity contribution >= 4 is 34.9 Å². The highest BCUT2D eigenvalue weighted by Gasteiger charge is 2.07. The summed E-state index contributed by atoms with van der Waals surface area (Å²) in [5.74, 6) is 1.85. The van der Waals surface area contributed by atoms with Crippen molar-refractivity contribution in [3.05, 3.63) is 84.4 Å². The monoisotopic (exact) mass is 416 g/mol. The zero-order chi connectivity index (χ0) is 20.9. The van der Waals surface area contributed by atoms with Crippen LogP contribution in [-0.2, 0) is 0 Å². The molecular formula is C22H20N6OS. The van der Waals surface area contributed by atoms with Crippen LogP contribution in [0.5, 0.6) is 0 Å². The van der Waals surface area contributed by atoms with E-state index in [2.05, 4.69) is 25.7 Å². The third-order valence-corrected chi connectivity index (χ3v) is 5.07. The summed E-state index contributed by atoms with van der Waals surface area (Å²) in [6, 6.07) is 18.7. The molecule has 0 saturated heterocycles. The highest BCUT2D eigenvalue weighted by molar-refractivity contribution is 7.98. The number of carbonyl (C=O) groups is 1. The number of anilines is 3. The minimum absolute atomic E-state index is 0.140. The first kappa shape index (κ1) is 19.7. The molecule has 0 atom stereocenters. The standard InChI is InChI=1S/C22H20N6OS/c1-15-24-20(14-21(25-15)28-13-3-12-23-28)26-17-6-8-18(9-7-17)27-22(29)16-4-10-19(30-2)11-5-16/h3-14H,1-2H3,(H,27,29)(H,24,25,26). The number of thioether (sulfide) groups is 1. The summed E-state index contributed by atoms with van der Waals surface area (Å²) in [6.07, 6.45) is 5.54. The van der Waals surface area contributed by atoms with Gasteiger partial charge in [-0.25, -0.2) is 14.6 Å². The van der Waals surface area contributed by atoms with Crippen molar-refractivity contribution < 1.29 is 4.79 Å². The molecule has 0 aliphatic carbocycles. The van der Waals surface area contributed by atoms with E-state index < -0.39 is 0 Å².